The van der Waals surface area contributed by atoms with Crippen LogP contribution in [-0.2, 0) is 6.54 Å². The fourth-order valence-corrected chi connectivity index (χ4v) is 4.05. The molecule has 0 N–H and O–H groups in total. The smallest absolute Gasteiger partial charge is 0.255 e. The molecule has 1 saturated heterocycles. The van der Waals surface area contributed by atoms with E-state index in [0.717, 1.165) is 40.9 Å². The predicted molar refractivity (Wildman–Crippen MR) is 117 cm³/mol. The van der Waals surface area contributed by atoms with E-state index >= 15 is 0 Å². The molecule has 1 aliphatic rings. The normalized spacial score (nSPS) is 14.6. The lowest BCUT2D eigenvalue weighted by atomic mass is 10.1. The van der Waals surface area contributed by atoms with Crippen molar-refractivity contribution in [1.29, 1.82) is 0 Å². The van der Waals surface area contributed by atoms with Gasteiger partial charge in [-0.1, -0.05) is 0 Å². The highest BCUT2D eigenvalue weighted by Crippen LogP contribution is 2.20. The van der Waals surface area contributed by atoms with Crippen molar-refractivity contribution < 1.29 is 0 Å². The molecule has 0 unspecified atom stereocenters. The van der Waals surface area contributed by atoms with Crippen molar-refractivity contribution >= 4 is 10.9 Å². The van der Waals surface area contributed by atoms with Gasteiger partial charge in [-0.2, -0.15) is 15.3 Å². The fourth-order valence-electron chi connectivity index (χ4n) is 4.05. The standard InChI is InChI=1S/C23H24N6O/c1-17-4-6-21(26-25-17)18-8-11-28(23(30)15-18)20-5-7-22-19(14-20)16-24-29(22)13-12-27-9-2-3-10-27/h4-8,11,14-16H,2-3,9-10,12-13H2,1H3. The Balaban J connectivity index is 1.40. The molecule has 0 radical (unpaired) electrons. The van der Waals surface area contributed by atoms with E-state index in [1.807, 2.05) is 49.5 Å². The molecule has 0 atom stereocenters. The van der Waals surface area contributed by atoms with Crippen LogP contribution in [0.15, 0.2) is 59.7 Å². The van der Waals surface area contributed by atoms with E-state index < -0.39 is 0 Å². The first-order valence-corrected chi connectivity index (χ1v) is 10.4. The van der Waals surface area contributed by atoms with Crippen LogP contribution in [0.25, 0.3) is 27.8 Å². The molecule has 0 amide bonds. The van der Waals surface area contributed by atoms with E-state index in [4.69, 9.17) is 0 Å². The summed E-state index contributed by atoms with van der Waals surface area (Å²) in [7, 11) is 0. The molecule has 30 heavy (non-hydrogen) atoms. The molecule has 1 fully saturated rings. The van der Waals surface area contributed by atoms with E-state index in [2.05, 4.69) is 24.9 Å². The summed E-state index contributed by atoms with van der Waals surface area (Å²) in [6.45, 7) is 6.18. The van der Waals surface area contributed by atoms with Crippen molar-refractivity contribution in [3.63, 3.8) is 0 Å². The highest BCUT2D eigenvalue weighted by atomic mass is 16.1. The van der Waals surface area contributed by atoms with Crippen molar-refractivity contribution in [2.75, 3.05) is 19.6 Å². The van der Waals surface area contributed by atoms with Gasteiger partial charge in [-0.15, -0.1) is 0 Å². The molecule has 7 heteroatoms. The van der Waals surface area contributed by atoms with Crippen LogP contribution < -0.4 is 5.56 Å². The molecule has 0 aliphatic carbocycles. The monoisotopic (exact) mass is 400 g/mol. The van der Waals surface area contributed by atoms with Crippen molar-refractivity contribution in [3.8, 4) is 16.9 Å². The van der Waals surface area contributed by atoms with Gasteiger partial charge < -0.3 is 4.90 Å². The fraction of sp³-hybridized carbons (Fsp3) is 0.304. The van der Waals surface area contributed by atoms with Gasteiger partial charge in [0.1, 0.15) is 0 Å². The third-order valence-corrected chi connectivity index (χ3v) is 5.74. The number of nitrogens with zero attached hydrogens (tertiary/aromatic N) is 6. The Morgan fingerprint density at radius 2 is 1.83 bits per heavy atom. The quantitative estimate of drug-likeness (QED) is 0.515. The summed E-state index contributed by atoms with van der Waals surface area (Å²) in [6, 6.07) is 13.3. The molecular formula is C23H24N6O. The van der Waals surface area contributed by atoms with Crippen LogP contribution in [0.3, 0.4) is 0 Å². The van der Waals surface area contributed by atoms with E-state index in [-0.39, 0.29) is 5.56 Å². The van der Waals surface area contributed by atoms with E-state index in [1.54, 1.807) is 16.8 Å². The molecule has 1 aliphatic heterocycles. The number of hydrogen-bond acceptors (Lipinski definition) is 5. The van der Waals surface area contributed by atoms with Gasteiger partial charge in [-0.25, -0.2) is 0 Å². The second-order valence-electron chi connectivity index (χ2n) is 7.84. The predicted octanol–water partition coefficient (Wildman–Crippen LogP) is 3.05. The SMILES string of the molecule is Cc1ccc(-c2ccn(-c3ccc4c(cnn4CCN4CCCC4)c3)c(=O)c2)nn1. The number of fused-ring (bicyclic) bond motifs is 1. The Morgan fingerprint density at radius 3 is 2.60 bits per heavy atom. The van der Waals surface area contributed by atoms with Gasteiger partial charge in [0.25, 0.3) is 5.56 Å². The average Bonchev–Trinajstić information content (AvgIpc) is 3.42. The van der Waals surface area contributed by atoms with Crippen molar-refractivity contribution in [2.45, 2.75) is 26.3 Å². The highest BCUT2D eigenvalue weighted by molar-refractivity contribution is 5.81. The van der Waals surface area contributed by atoms with E-state index in [0.29, 0.717) is 5.69 Å². The number of aryl methyl sites for hydroxylation is 1. The summed E-state index contributed by atoms with van der Waals surface area (Å²) < 4.78 is 3.70. The maximum Gasteiger partial charge on any atom is 0.255 e. The van der Waals surface area contributed by atoms with Crippen LogP contribution in [0, 0.1) is 6.92 Å². The molecule has 0 bridgehead atoms. The lowest BCUT2D eigenvalue weighted by molar-refractivity contribution is 0.318. The van der Waals surface area contributed by atoms with Crippen LogP contribution >= 0.6 is 0 Å². The second kappa shape index (κ2) is 7.84. The Bertz CT molecular complexity index is 1230. The topological polar surface area (TPSA) is 68.8 Å². The third-order valence-electron chi connectivity index (χ3n) is 5.74. The molecule has 152 valence electrons. The zero-order valence-corrected chi connectivity index (χ0v) is 17.0. The minimum absolute atomic E-state index is 0.101. The van der Waals surface area contributed by atoms with Gasteiger partial charge in [0.15, 0.2) is 0 Å². The van der Waals surface area contributed by atoms with Crippen LogP contribution in [0.1, 0.15) is 18.5 Å². The van der Waals surface area contributed by atoms with Crippen LogP contribution in [0.5, 0.6) is 0 Å². The lowest BCUT2D eigenvalue weighted by Crippen LogP contribution is -2.24. The number of aromatic nitrogens is 5. The minimum Gasteiger partial charge on any atom is -0.301 e. The first-order chi connectivity index (χ1) is 14.7. The summed E-state index contributed by atoms with van der Waals surface area (Å²) in [6.07, 6.45) is 6.27. The first-order valence-electron chi connectivity index (χ1n) is 10.4. The Kier molecular flexibility index (Phi) is 4.88. The number of likely N-dealkylation sites (tertiary alicyclic amines) is 1. The Morgan fingerprint density at radius 1 is 0.967 bits per heavy atom. The number of rotatable bonds is 5. The number of benzene rings is 1. The Hall–Kier alpha value is -3.32. The second-order valence-corrected chi connectivity index (χ2v) is 7.84. The van der Waals surface area contributed by atoms with Gasteiger partial charge in [-0.3, -0.25) is 14.0 Å². The van der Waals surface area contributed by atoms with Gasteiger partial charge in [0, 0.05) is 35.4 Å². The summed E-state index contributed by atoms with van der Waals surface area (Å²) in [5.74, 6) is 0. The van der Waals surface area contributed by atoms with Gasteiger partial charge >= 0.3 is 0 Å². The highest BCUT2D eigenvalue weighted by Gasteiger charge is 2.12. The largest absolute Gasteiger partial charge is 0.301 e. The first kappa shape index (κ1) is 18.7. The molecule has 4 aromatic rings. The summed E-state index contributed by atoms with van der Waals surface area (Å²) in [4.78, 5) is 15.2. The third kappa shape index (κ3) is 3.64. The van der Waals surface area contributed by atoms with Crippen molar-refractivity contribution in [1.82, 2.24) is 29.4 Å². The van der Waals surface area contributed by atoms with E-state index in [1.165, 1.54) is 25.9 Å². The number of hydrogen-bond donors (Lipinski definition) is 0. The zero-order chi connectivity index (χ0) is 20.5. The Labute approximate surface area is 174 Å². The maximum atomic E-state index is 12.8. The molecule has 4 heterocycles. The molecule has 5 rings (SSSR count). The number of pyridine rings is 1. The van der Waals surface area contributed by atoms with Crippen molar-refractivity contribution in [2.24, 2.45) is 0 Å². The molecule has 3 aromatic heterocycles. The van der Waals surface area contributed by atoms with Crippen LogP contribution in [0.2, 0.25) is 0 Å². The minimum atomic E-state index is -0.101. The average molecular weight is 400 g/mol. The van der Waals surface area contributed by atoms with E-state index in [9.17, 15) is 4.79 Å². The zero-order valence-electron chi connectivity index (χ0n) is 17.0. The molecule has 1 aromatic carbocycles. The maximum absolute atomic E-state index is 12.8. The lowest BCUT2D eigenvalue weighted by Gasteiger charge is -2.14. The van der Waals surface area contributed by atoms with Crippen molar-refractivity contribution in [3.05, 3.63) is 70.9 Å². The summed E-state index contributed by atoms with van der Waals surface area (Å²) in [5, 5.41) is 13.8. The van der Waals surface area contributed by atoms with Gasteiger partial charge in [0.05, 0.1) is 29.6 Å². The molecule has 0 saturated carbocycles. The van der Waals surface area contributed by atoms with Gasteiger partial charge in [-0.05, 0) is 69.3 Å². The summed E-state index contributed by atoms with van der Waals surface area (Å²) in [5.41, 5.74) is 4.13. The van der Waals surface area contributed by atoms with Crippen LogP contribution in [-0.4, -0.2) is 49.1 Å². The van der Waals surface area contributed by atoms with Gasteiger partial charge in [0.2, 0.25) is 0 Å². The molecule has 7 nitrogen and oxygen atoms in total. The molecular weight excluding hydrogens is 376 g/mol. The summed E-state index contributed by atoms with van der Waals surface area (Å²) >= 11 is 0. The van der Waals surface area contributed by atoms with Crippen LogP contribution in [0.4, 0.5) is 0 Å². The molecule has 0 spiro atoms.